The van der Waals surface area contributed by atoms with Crippen LogP contribution in [0.1, 0.15) is 67.3 Å². The zero-order chi connectivity index (χ0) is 46.6. The Bertz CT molecular complexity index is 2610. The normalized spacial score (nSPS) is 15.1. The van der Waals surface area contributed by atoms with Crippen LogP contribution in [0.2, 0.25) is 0 Å². The molecule has 66 heavy (non-hydrogen) atoms. The van der Waals surface area contributed by atoms with E-state index >= 15 is 0 Å². The van der Waals surface area contributed by atoms with E-state index in [4.69, 9.17) is 17.2 Å². The van der Waals surface area contributed by atoms with Crippen LogP contribution in [0.3, 0.4) is 0 Å². The van der Waals surface area contributed by atoms with E-state index in [0.29, 0.717) is 37.9 Å². The number of nitrogens with two attached hydrogens (primary N) is 3. The molecule has 3 aromatic carbocycles. The first kappa shape index (κ1) is 47.1. The number of Topliss-reactive ketones (excluding diaryl/α,β-unsaturated/α-hetero) is 2. The van der Waals surface area contributed by atoms with Crippen LogP contribution in [-0.4, -0.2) is 96.9 Å². The molecule has 7 rings (SSSR count). The van der Waals surface area contributed by atoms with Crippen molar-refractivity contribution in [3.05, 3.63) is 126 Å². The molecule has 1 fully saturated rings. The number of nitrogens with one attached hydrogen (secondary N) is 4. The highest BCUT2D eigenvalue weighted by molar-refractivity contribution is 5.95. The average molecular weight is 897 g/mol. The number of carbonyl (C=O) groups excluding carboxylic acids is 6. The van der Waals surface area contributed by atoms with Gasteiger partial charge in [0.1, 0.15) is 0 Å². The molecule has 1 aliphatic heterocycles. The molecule has 16 heteroatoms. The summed E-state index contributed by atoms with van der Waals surface area (Å²) in [5.74, 6) is -5.17. The fourth-order valence-electron chi connectivity index (χ4n) is 9.05. The van der Waals surface area contributed by atoms with Gasteiger partial charge in [0.25, 0.3) is 0 Å². The van der Waals surface area contributed by atoms with Gasteiger partial charge in [-0.1, -0.05) is 73.2 Å². The number of hydrazine groups is 1. The minimum atomic E-state index is -1.02. The van der Waals surface area contributed by atoms with Crippen molar-refractivity contribution in [1.29, 1.82) is 0 Å². The smallest absolute Gasteiger partial charge is 0.245 e. The molecule has 10 N–H and O–H groups in total. The molecule has 0 spiro atoms. The Morgan fingerprint density at radius 1 is 0.682 bits per heavy atom. The van der Waals surface area contributed by atoms with Gasteiger partial charge in [-0.05, 0) is 73.9 Å². The van der Waals surface area contributed by atoms with Gasteiger partial charge in [0, 0.05) is 90.8 Å². The molecular formula is C50H60N10O6. The Kier molecular flexibility index (Phi) is 15.9. The van der Waals surface area contributed by atoms with Gasteiger partial charge < -0.3 is 37.5 Å². The van der Waals surface area contributed by atoms with Gasteiger partial charge in [-0.15, -0.1) is 0 Å². The molecule has 0 aliphatic carbocycles. The third-order valence-electron chi connectivity index (χ3n) is 12.7. The molecule has 5 atom stereocenters. The fraction of sp³-hybridized carbons (Fsp3) is 0.380. The number of nitrogens with zero attached hydrogens (tertiary/aromatic N) is 3. The fourth-order valence-corrected chi connectivity index (χ4v) is 9.05. The maximum Gasteiger partial charge on any atom is 0.245 e. The summed E-state index contributed by atoms with van der Waals surface area (Å²) in [5, 5.41) is 7.62. The number of ketones is 2. The Morgan fingerprint density at radius 3 is 1.94 bits per heavy atom. The number of carbonyl (C=O) groups is 6. The molecule has 0 unspecified atom stereocenters. The molecule has 0 radical (unpaired) electrons. The largest absolute Gasteiger partial charge is 0.369 e. The van der Waals surface area contributed by atoms with Crippen molar-refractivity contribution in [2.24, 2.45) is 35.0 Å². The summed E-state index contributed by atoms with van der Waals surface area (Å²) in [6, 6.07) is 22.7. The Hall–Kier alpha value is -6.91. The van der Waals surface area contributed by atoms with Gasteiger partial charge in [0.05, 0.1) is 30.2 Å². The van der Waals surface area contributed by atoms with E-state index in [-0.39, 0.29) is 69.6 Å². The zero-order valence-electron chi connectivity index (χ0n) is 37.1. The molecule has 6 aromatic rings. The highest BCUT2D eigenvalue weighted by Crippen LogP contribution is 2.28. The third kappa shape index (κ3) is 11.9. The number of rotatable bonds is 24. The maximum atomic E-state index is 14.8. The van der Waals surface area contributed by atoms with Crippen LogP contribution in [0.5, 0.6) is 0 Å². The summed E-state index contributed by atoms with van der Waals surface area (Å²) in [6.07, 6.45) is 9.09. The topological polar surface area (TPSA) is 259 Å². The number of H-pyrrole nitrogens is 3. The first-order valence-electron chi connectivity index (χ1n) is 22.8. The number of hydrogen-bond acceptors (Lipinski definition) is 9. The molecule has 3 aromatic heterocycles. The quantitative estimate of drug-likeness (QED) is 0.0429. The van der Waals surface area contributed by atoms with E-state index in [9.17, 15) is 28.8 Å². The van der Waals surface area contributed by atoms with Crippen molar-refractivity contribution in [2.45, 2.75) is 82.7 Å². The lowest BCUT2D eigenvalue weighted by molar-refractivity contribution is -0.162. The van der Waals surface area contributed by atoms with Crippen LogP contribution < -0.4 is 22.5 Å². The number of unbranched alkanes of at least 4 members (excludes halogenated alkanes) is 1. The van der Waals surface area contributed by atoms with Crippen molar-refractivity contribution < 1.29 is 28.8 Å². The standard InChI is InChI=1S/C50H60N10O6/c51-18-9-8-13-33(48(53)64)24-46(62)44(21-32-11-2-1-3-12-32)58-49(65)34(22-36-28-55-42-16-6-4-14-39(36)42)26-47(63)59-19-10-20-60(59)50(66)35(23-37-29-56-43-17-7-5-15-40(37)43)25-45(61)41(52)27-38-30-54-31-57-38/h1-7,11-12,14-17,28-31,33-35,41,44,55-56H,8-10,13,18-27,51-52H2,(H2,53,64)(H,54,57)(H,58,65)/t33-,34-,35+,41+,44-/m1/s1. The number of benzene rings is 3. The van der Waals surface area contributed by atoms with Crippen LogP contribution in [-0.2, 0) is 54.5 Å². The summed E-state index contributed by atoms with van der Waals surface area (Å²) in [7, 11) is 0. The predicted octanol–water partition coefficient (Wildman–Crippen LogP) is 4.20. The van der Waals surface area contributed by atoms with Crippen LogP contribution in [0.15, 0.2) is 104 Å². The van der Waals surface area contributed by atoms with Gasteiger partial charge in [0.15, 0.2) is 11.6 Å². The SMILES string of the molecule is NCCCC[C@H](CC(=O)[C@@H](Cc1ccccc1)NC(=O)[C@@H](CC(=O)N1CCCN1C(=O)[C@H](CC(=O)[C@@H](N)Cc1cnc[nH]1)Cc1c[nH]c2ccccc12)Cc1c[nH]c2ccccc12)C(N)=O. The minimum Gasteiger partial charge on any atom is -0.369 e. The average Bonchev–Trinajstić information content (AvgIpc) is 4.17. The van der Waals surface area contributed by atoms with Crippen molar-refractivity contribution >= 4 is 57.0 Å². The van der Waals surface area contributed by atoms with E-state index in [1.807, 2.05) is 91.3 Å². The molecule has 0 bridgehead atoms. The van der Waals surface area contributed by atoms with E-state index in [0.717, 1.165) is 38.5 Å². The number of hydrogen-bond donors (Lipinski definition) is 7. The highest BCUT2D eigenvalue weighted by Gasteiger charge is 2.39. The lowest BCUT2D eigenvalue weighted by atomic mass is 9.89. The summed E-state index contributed by atoms with van der Waals surface area (Å²) in [6.45, 7) is 0.911. The number of imidazole rings is 1. The van der Waals surface area contributed by atoms with E-state index in [1.165, 1.54) is 16.3 Å². The van der Waals surface area contributed by atoms with Gasteiger partial charge in [-0.25, -0.2) is 4.98 Å². The second-order valence-electron chi connectivity index (χ2n) is 17.4. The van der Waals surface area contributed by atoms with Gasteiger partial charge in [-0.2, -0.15) is 0 Å². The lowest BCUT2D eigenvalue weighted by Crippen LogP contribution is -2.50. The number of aromatic amines is 3. The van der Waals surface area contributed by atoms with Gasteiger partial charge >= 0.3 is 0 Å². The predicted molar refractivity (Wildman–Crippen MR) is 251 cm³/mol. The highest BCUT2D eigenvalue weighted by atomic mass is 16.2. The molecule has 1 aliphatic rings. The van der Waals surface area contributed by atoms with Crippen LogP contribution >= 0.6 is 0 Å². The maximum absolute atomic E-state index is 14.8. The van der Waals surface area contributed by atoms with Crippen molar-refractivity contribution in [3.63, 3.8) is 0 Å². The Morgan fingerprint density at radius 2 is 1.30 bits per heavy atom. The Balaban J connectivity index is 1.14. The van der Waals surface area contributed by atoms with Crippen LogP contribution in [0, 0.1) is 17.8 Å². The molecule has 4 amide bonds. The second kappa shape index (κ2) is 22.3. The van der Waals surface area contributed by atoms with E-state index in [1.54, 1.807) is 6.20 Å². The first-order chi connectivity index (χ1) is 32.0. The number of aromatic nitrogens is 4. The van der Waals surface area contributed by atoms with Crippen LogP contribution in [0.25, 0.3) is 21.8 Å². The molecule has 346 valence electrons. The number of amides is 4. The number of primary amides is 1. The van der Waals surface area contributed by atoms with Gasteiger partial charge in [-0.3, -0.25) is 38.8 Å². The van der Waals surface area contributed by atoms with Crippen molar-refractivity contribution in [2.75, 3.05) is 19.6 Å². The second-order valence-corrected chi connectivity index (χ2v) is 17.4. The van der Waals surface area contributed by atoms with E-state index in [2.05, 4.69) is 25.3 Å². The molecular weight excluding hydrogens is 837 g/mol. The number of para-hydroxylation sites is 2. The molecule has 16 nitrogen and oxygen atoms in total. The van der Waals surface area contributed by atoms with Gasteiger partial charge in [0.2, 0.25) is 23.6 Å². The Labute approximate surface area is 383 Å². The lowest BCUT2D eigenvalue weighted by Gasteiger charge is -2.32. The van der Waals surface area contributed by atoms with Crippen LogP contribution in [0.4, 0.5) is 0 Å². The summed E-state index contributed by atoms with van der Waals surface area (Å²) in [5.41, 5.74) is 22.7. The summed E-state index contributed by atoms with van der Waals surface area (Å²) in [4.78, 5) is 98.1. The first-order valence-corrected chi connectivity index (χ1v) is 22.8. The summed E-state index contributed by atoms with van der Waals surface area (Å²) >= 11 is 0. The van der Waals surface area contributed by atoms with Crippen molar-refractivity contribution in [1.82, 2.24) is 35.3 Å². The number of fused-ring (bicyclic) bond motifs is 2. The molecule has 0 saturated carbocycles. The zero-order valence-corrected chi connectivity index (χ0v) is 37.1. The summed E-state index contributed by atoms with van der Waals surface area (Å²) < 4.78 is 0. The molecule has 4 heterocycles. The molecule has 1 saturated heterocycles. The minimum absolute atomic E-state index is 0.143. The van der Waals surface area contributed by atoms with E-state index < -0.39 is 53.5 Å². The monoisotopic (exact) mass is 896 g/mol. The van der Waals surface area contributed by atoms with Crippen molar-refractivity contribution in [3.8, 4) is 0 Å². The third-order valence-corrected chi connectivity index (χ3v) is 12.7.